The van der Waals surface area contributed by atoms with Gasteiger partial charge >= 0.3 is 0 Å². The van der Waals surface area contributed by atoms with Crippen molar-refractivity contribution >= 4 is 49.4 Å². The SMILES string of the molecule is Cc1cccc(C)c1N(c1ccc2c(c1)C(C)(C)c1cc3c(cc1-2)C(C)(C)c1ccc2ccccc2c1-3)c1ccc2c3c(ccc2c1)-c1ccc2ccccc2c1C3(C)C. The number of fused-ring (bicyclic) bond motifs is 15. The summed E-state index contributed by atoms with van der Waals surface area (Å²) in [5, 5.41) is 7.92. The molecule has 0 unspecified atom stereocenters. The summed E-state index contributed by atoms with van der Waals surface area (Å²) < 4.78 is 0. The lowest BCUT2D eigenvalue weighted by Crippen LogP contribution is -2.18. The van der Waals surface area contributed by atoms with Crippen LogP contribution in [0.4, 0.5) is 17.1 Å². The zero-order valence-electron chi connectivity index (χ0n) is 35.9. The first-order chi connectivity index (χ1) is 28.9. The fraction of sp³-hybridized carbons (Fsp3) is 0.186. The van der Waals surface area contributed by atoms with Gasteiger partial charge in [0.1, 0.15) is 0 Å². The highest BCUT2D eigenvalue weighted by molar-refractivity contribution is 6.06. The summed E-state index contributed by atoms with van der Waals surface area (Å²) in [4.78, 5) is 2.52. The van der Waals surface area contributed by atoms with Crippen LogP contribution in [0.5, 0.6) is 0 Å². The first kappa shape index (κ1) is 35.5. The van der Waals surface area contributed by atoms with Crippen LogP contribution in [0.3, 0.4) is 0 Å². The van der Waals surface area contributed by atoms with E-state index in [0.717, 1.165) is 0 Å². The Kier molecular flexibility index (Phi) is 7.01. The van der Waals surface area contributed by atoms with E-state index in [9.17, 15) is 0 Å². The van der Waals surface area contributed by atoms with Crippen molar-refractivity contribution in [1.29, 1.82) is 0 Å². The number of hydrogen-bond acceptors (Lipinski definition) is 1. The maximum atomic E-state index is 2.55. The van der Waals surface area contributed by atoms with Crippen LogP contribution in [0.15, 0.2) is 152 Å². The average molecular weight is 772 g/mol. The molecule has 0 saturated heterocycles. The van der Waals surface area contributed by atoms with Gasteiger partial charge in [0, 0.05) is 27.6 Å². The van der Waals surface area contributed by atoms with Gasteiger partial charge in [0.15, 0.2) is 0 Å². The topological polar surface area (TPSA) is 3.24 Å². The molecule has 0 saturated carbocycles. The van der Waals surface area contributed by atoms with E-state index in [1.165, 1.54) is 127 Å². The minimum Gasteiger partial charge on any atom is -0.310 e. The van der Waals surface area contributed by atoms with Crippen molar-refractivity contribution in [2.75, 3.05) is 4.90 Å². The Morgan fingerprint density at radius 1 is 0.350 bits per heavy atom. The molecule has 0 radical (unpaired) electrons. The number of anilines is 3. The molecule has 0 spiro atoms. The van der Waals surface area contributed by atoms with Gasteiger partial charge in [-0.2, -0.15) is 0 Å². The quantitative estimate of drug-likeness (QED) is 0.173. The van der Waals surface area contributed by atoms with Gasteiger partial charge in [0.25, 0.3) is 0 Å². The van der Waals surface area contributed by atoms with Gasteiger partial charge < -0.3 is 4.90 Å². The normalized spacial score (nSPS) is 15.7. The van der Waals surface area contributed by atoms with Gasteiger partial charge in [-0.1, -0.05) is 157 Å². The minimum atomic E-state index is -0.186. The summed E-state index contributed by atoms with van der Waals surface area (Å²) in [6.07, 6.45) is 0. The van der Waals surface area contributed by atoms with Crippen LogP contribution >= 0.6 is 0 Å². The van der Waals surface area contributed by atoms with Gasteiger partial charge in [-0.3, -0.25) is 0 Å². The Morgan fingerprint density at radius 3 is 1.60 bits per heavy atom. The van der Waals surface area contributed by atoms with E-state index in [1.54, 1.807) is 0 Å². The third-order valence-corrected chi connectivity index (χ3v) is 15.0. The Labute approximate surface area is 354 Å². The molecule has 3 aliphatic carbocycles. The lowest BCUT2D eigenvalue weighted by molar-refractivity contribution is 0.652. The molecule has 9 aromatic rings. The molecule has 0 heterocycles. The smallest absolute Gasteiger partial charge is 0.0519 e. The van der Waals surface area contributed by atoms with Crippen LogP contribution in [0.1, 0.15) is 86.1 Å². The number of aryl methyl sites for hydroxylation is 2. The molecule has 0 amide bonds. The summed E-state index contributed by atoms with van der Waals surface area (Å²) in [7, 11) is 0. The summed E-state index contributed by atoms with van der Waals surface area (Å²) in [6.45, 7) is 19.0. The fourth-order valence-corrected chi connectivity index (χ4v) is 12.1. The maximum Gasteiger partial charge on any atom is 0.0519 e. The lowest BCUT2D eigenvalue weighted by atomic mass is 9.78. The van der Waals surface area contributed by atoms with Crippen LogP contribution in [-0.2, 0) is 16.2 Å². The summed E-state index contributed by atoms with van der Waals surface area (Å²) in [6, 6.07) is 58.1. The number of rotatable bonds is 3. The molecule has 1 heteroatoms. The van der Waals surface area contributed by atoms with E-state index < -0.39 is 0 Å². The van der Waals surface area contributed by atoms with E-state index >= 15 is 0 Å². The van der Waals surface area contributed by atoms with E-state index in [-0.39, 0.29) is 16.2 Å². The zero-order valence-corrected chi connectivity index (χ0v) is 35.9. The standard InChI is InChI=1S/C59H49N/c1-34-14-13-15-35(2)56(34)60(39-23-27-43-38(30-39)21-26-46-45-25-20-37-17-10-12-19-42(37)54(45)59(7,8)55(43)46)40-24-28-44-47-32-52-48(33-51(47)58(5,6)50(44)31-40)53-41-18-11-9-16-36(41)22-29-49(53)57(52,3)4/h9-33H,1-8H3. The predicted molar refractivity (Wildman–Crippen MR) is 256 cm³/mol. The van der Waals surface area contributed by atoms with Crippen LogP contribution in [0.2, 0.25) is 0 Å². The van der Waals surface area contributed by atoms with Crippen molar-refractivity contribution in [3.05, 3.63) is 196 Å². The molecule has 1 nitrogen and oxygen atoms in total. The predicted octanol–water partition coefficient (Wildman–Crippen LogP) is 16.2. The summed E-state index contributed by atoms with van der Waals surface area (Å²) in [5.74, 6) is 0. The second kappa shape index (κ2) is 11.9. The number of para-hydroxylation sites is 1. The van der Waals surface area contributed by atoms with Gasteiger partial charge in [0.2, 0.25) is 0 Å². The number of benzene rings is 9. The Balaban J connectivity index is 1.02. The maximum absolute atomic E-state index is 2.55. The monoisotopic (exact) mass is 771 g/mol. The molecule has 3 aliphatic rings. The molecule has 0 bridgehead atoms. The van der Waals surface area contributed by atoms with Gasteiger partial charge in [-0.15, -0.1) is 0 Å². The van der Waals surface area contributed by atoms with Gasteiger partial charge in [0.05, 0.1) is 5.69 Å². The highest BCUT2D eigenvalue weighted by atomic mass is 15.1. The lowest BCUT2D eigenvalue weighted by Gasteiger charge is -2.31. The van der Waals surface area contributed by atoms with E-state index in [0.29, 0.717) is 0 Å². The summed E-state index contributed by atoms with van der Waals surface area (Å²) >= 11 is 0. The van der Waals surface area contributed by atoms with Crippen molar-refractivity contribution in [2.24, 2.45) is 0 Å². The Bertz CT molecular complexity index is 3350. The molecule has 12 rings (SSSR count). The van der Waals surface area contributed by atoms with E-state index in [1.807, 2.05) is 0 Å². The summed E-state index contributed by atoms with van der Waals surface area (Å²) in [5.41, 5.74) is 22.5. The van der Waals surface area contributed by atoms with Crippen LogP contribution in [0, 0.1) is 13.8 Å². The first-order valence-electron chi connectivity index (χ1n) is 21.7. The van der Waals surface area contributed by atoms with Gasteiger partial charge in [-0.05, 0) is 160 Å². The highest BCUT2D eigenvalue weighted by Gasteiger charge is 2.43. The molecule has 0 aromatic heterocycles. The molecule has 9 aromatic carbocycles. The second-order valence-electron chi connectivity index (χ2n) is 19.4. The van der Waals surface area contributed by atoms with E-state index in [2.05, 4.69) is 212 Å². The number of nitrogens with zero attached hydrogens (tertiary/aromatic N) is 1. The average Bonchev–Trinajstić information content (AvgIpc) is 3.73. The molecular formula is C59H49N. The Hall–Kier alpha value is -6.44. The Morgan fingerprint density at radius 2 is 0.867 bits per heavy atom. The van der Waals surface area contributed by atoms with Crippen molar-refractivity contribution in [2.45, 2.75) is 71.6 Å². The molecule has 0 fully saturated rings. The molecule has 0 N–H and O–H groups in total. The van der Waals surface area contributed by atoms with Crippen molar-refractivity contribution in [3.8, 4) is 33.4 Å². The van der Waals surface area contributed by atoms with Crippen molar-refractivity contribution in [3.63, 3.8) is 0 Å². The third kappa shape index (κ3) is 4.53. The third-order valence-electron chi connectivity index (χ3n) is 15.0. The zero-order chi connectivity index (χ0) is 41.0. The number of hydrogen-bond donors (Lipinski definition) is 0. The molecule has 60 heavy (non-hydrogen) atoms. The molecule has 290 valence electrons. The van der Waals surface area contributed by atoms with Crippen LogP contribution < -0.4 is 4.90 Å². The highest BCUT2D eigenvalue weighted by Crippen LogP contribution is 2.59. The van der Waals surface area contributed by atoms with E-state index in [4.69, 9.17) is 0 Å². The first-order valence-corrected chi connectivity index (χ1v) is 21.7. The van der Waals surface area contributed by atoms with Crippen LogP contribution in [0.25, 0.3) is 65.7 Å². The molecular weight excluding hydrogens is 723 g/mol. The van der Waals surface area contributed by atoms with Crippen molar-refractivity contribution in [1.82, 2.24) is 0 Å². The van der Waals surface area contributed by atoms with Crippen LogP contribution in [-0.4, -0.2) is 0 Å². The largest absolute Gasteiger partial charge is 0.310 e. The van der Waals surface area contributed by atoms with Gasteiger partial charge in [-0.25, -0.2) is 0 Å². The molecule has 0 atom stereocenters. The minimum absolute atomic E-state index is 0.0856. The van der Waals surface area contributed by atoms with Crippen molar-refractivity contribution < 1.29 is 0 Å². The second-order valence-corrected chi connectivity index (χ2v) is 19.4. The molecule has 0 aliphatic heterocycles. The fourth-order valence-electron chi connectivity index (χ4n) is 12.1.